The van der Waals surface area contributed by atoms with Crippen molar-refractivity contribution in [3.8, 4) is 0 Å². The van der Waals surface area contributed by atoms with E-state index in [1.54, 1.807) is 25.3 Å². The van der Waals surface area contributed by atoms with Crippen molar-refractivity contribution in [2.24, 2.45) is 5.41 Å². The molecule has 1 aliphatic carbocycles. The minimum Gasteiger partial charge on any atom is -0.481 e. The van der Waals surface area contributed by atoms with E-state index in [4.69, 9.17) is 9.84 Å². The molecule has 0 saturated heterocycles. The number of carboxylic acids is 1. The van der Waals surface area contributed by atoms with Gasteiger partial charge in [0.05, 0.1) is 24.2 Å². The average molecular weight is 406 g/mol. The number of halogens is 1. The van der Waals surface area contributed by atoms with E-state index < -0.39 is 24.6 Å². The predicted molar refractivity (Wildman–Crippen MR) is 110 cm³/mol. The lowest BCUT2D eigenvalue weighted by Crippen LogP contribution is -2.39. The number of hydrogen-bond donors (Lipinski definition) is 3. The quantitative estimate of drug-likeness (QED) is 0.609. The Morgan fingerprint density at radius 1 is 1.24 bits per heavy atom. The molecule has 0 aliphatic heterocycles. The molecule has 0 radical (unpaired) electrons. The van der Waals surface area contributed by atoms with Crippen LogP contribution in [-0.2, 0) is 9.53 Å². The zero-order chi connectivity index (χ0) is 21.8. The first-order valence-corrected chi connectivity index (χ1v) is 9.76. The van der Waals surface area contributed by atoms with Crippen molar-refractivity contribution in [2.45, 2.75) is 64.3 Å². The summed E-state index contributed by atoms with van der Waals surface area (Å²) in [5.41, 5.74) is 2.26. The Balaban J connectivity index is 2.39. The molecule has 0 amide bonds. The van der Waals surface area contributed by atoms with Crippen LogP contribution >= 0.6 is 0 Å². The van der Waals surface area contributed by atoms with Gasteiger partial charge in [0.1, 0.15) is 5.82 Å². The summed E-state index contributed by atoms with van der Waals surface area (Å²) >= 11 is 0. The lowest BCUT2D eigenvalue weighted by atomic mass is 9.65. The van der Waals surface area contributed by atoms with Crippen LogP contribution in [0.2, 0.25) is 0 Å². The molecular weight excluding hydrogens is 375 g/mol. The minimum atomic E-state index is -1.12. The number of hydrogen-bond acceptors (Lipinski definition) is 4. The van der Waals surface area contributed by atoms with Gasteiger partial charge in [0, 0.05) is 20.0 Å². The van der Waals surface area contributed by atoms with Crippen LogP contribution in [0.1, 0.15) is 52.0 Å². The van der Waals surface area contributed by atoms with E-state index >= 15 is 0 Å². The summed E-state index contributed by atoms with van der Waals surface area (Å²) < 4.78 is 19.2. The lowest BCUT2D eigenvalue weighted by Gasteiger charge is -2.44. The van der Waals surface area contributed by atoms with Crippen molar-refractivity contribution in [3.05, 3.63) is 53.4 Å². The number of carboxylic acid groups (broad SMARTS) is 1. The third kappa shape index (κ3) is 6.23. The van der Waals surface area contributed by atoms with Gasteiger partial charge < -0.3 is 20.1 Å². The van der Waals surface area contributed by atoms with Crippen LogP contribution in [0.4, 0.5) is 4.39 Å². The number of allylic oxidation sites excluding steroid dienone is 2. The summed E-state index contributed by atoms with van der Waals surface area (Å²) in [5.74, 6) is -1.42. The summed E-state index contributed by atoms with van der Waals surface area (Å²) in [6, 6.07) is 6.32. The second kappa shape index (κ2) is 9.20. The molecule has 160 valence electrons. The molecule has 0 bridgehead atoms. The van der Waals surface area contributed by atoms with Gasteiger partial charge in [-0.05, 0) is 47.6 Å². The number of benzene rings is 1. The number of carbonyl (C=O) groups is 1. The fourth-order valence-corrected chi connectivity index (χ4v) is 4.20. The molecule has 29 heavy (non-hydrogen) atoms. The molecule has 0 spiro atoms. The normalized spacial score (nSPS) is 24.0. The topological polar surface area (TPSA) is 87.0 Å². The molecule has 3 N–H and O–H groups in total. The monoisotopic (exact) mass is 406 g/mol. The van der Waals surface area contributed by atoms with Gasteiger partial charge in [-0.2, -0.15) is 0 Å². The highest BCUT2D eigenvalue weighted by molar-refractivity contribution is 5.74. The fourth-order valence-electron chi connectivity index (χ4n) is 4.20. The molecule has 1 aromatic carbocycles. The molecule has 0 fully saturated rings. The Morgan fingerprint density at radius 3 is 2.41 bits per heavy atom. The van der Waals surface area contributed by atoms with Gasteiger partial charge in [0.2, 0.25) is 0 Å². The molecule has 0 saturated carbocycles. The highest BCUT2D eigenvalue weighted by Crippen LogP contribution is 2.49. The van der Waals surface area contributed by atoms with E-state index in [1.807, 2.05) is 6.08 Å². The first-order valence-electron chi connectivity index (χ1n) is 9.76. The van der Waals surface area contributed by atoms with Gasteiger partial charge in [0.25, 0.3) is 0 Å². The van der Waals surface area contributed by atoms with Crippen LogP contribution in [0, 0.1) is 11.2 Å². The van der Waals surface area contributed by atoms with Crippen molar-refractivity contribution in [1.82, 2.24) is 0 Å². The largest absolute Gasteiger partial charge is 0.481 e. The summed E-state index contributed by atoms with van der Waals surface area (Å²) in [6.45, 7) is 6.24. The van der Waals surface area contributed by atoms with Gasteiger partial charge in [-0.1, -0.05) is 38.1 Å². The first kappa shape index (κ1) is 23.3. The Morgan fingerprint density at radius 2 is 1.86 bits per heavy atom. The second-order valence-corrected chi connectivity index (χ2v) is 8.70. The van der Waals surface area contributed by atoms with Gasteiger partial charge >= 0.3 is 5.97 Å². The van der Waals surface area contributed by atoms with Crippen LogP contribution in [-0.4, -0.2) is 46.2 Å². The number of methoxy groups -OCH3 is 1. The summed E-state index contributed by atoms with van der Waals surface area (Å²) in [6.07, 6.45) is 2.26. The van der Waals surface area contributed by atoms with Crippen LogP contribution in [0.15, 0.2) is 42.0 Å². The van der Waals surface area contributed by atoms with E-state index in [0.29, 0.717) is 6.42 Å². The standard InChI is InChI=1S/C23H31FO5/c1-22(2)14-23(3,29-4)13-19(15-5-7-16(24)8-6-15)20(22)10-9-17(25)11-18(26)12-21(27)28/h5-10,17-18,25-26H,11-14H2,1-4H3,(H,27,28). The van der Waals surface area contributed by atoms with Gasteiger partial charge in [-0.25, -0.2) is 4.39 Å². The Hall–Kier alpha value is -2.02. The molecule has 1 aromatic rings. The Bertz CT molecular complexity index is 781. The van der Waals surface area contributed by atoms with Crippen LogP contribution < -0.4 is 0 Å². The summed E-state index contributed by atoms with van der Waals surface area (Å²) in [7, 11) is 1.69. The van der Waals surface area contributed by atoms with Crippen molar-refractivity contribution in [2.75, 3.05) is 7.11 Å². The number of ether oxygens (including phenoxy) is 1. The SMILES string of the molecule is COC1(C)CC(c2ccc(F)cc2)=C(C=CC(O)CC(O)CC(=O)O)C(C)(C)C1. The predicted octanol–water partition coefficient (Wildman–Crippen LogP) is 3.95. The third-order valence-electron chi connectivity index (χ3n) is 5.52. The molecule has 6 heteroatoms. The number of aliphatic hydroxyl groups excluding tert-OH is 2. The molecular formula is C23H31FO5. The highest BCUT2D eigenvalue weighted by atomic mass is 19.1. The average Bonchev–Trinajstić information content (AvgIpc) is 2.59. The number of aliphatic carboxylic acids is 1. The molecule has 0 heterocycles. The zero-order valence-corrected chi connectivity index (χ0v) is 17.5. The Labute approximate surface area is 171 Å². The molecule has 3 atom stereocenters. The first-order chi connectivity index (χ1) is 13.5. The summed E-state index contributed by atoms with van der Waals surface area (Å²) in [5, 5.41) is 28.7. The molecule has 5 nitrogen and oxygen atoms in total. The van der Waals surface area contributed by atoms with Crippen molar-refractivity contribution < 1.29 is 29.2 Å². The zero-order valence-electron chi connectivity index (χ0n) is 17.5. The maximum Gasteiger partial charge on any atom is 0.305 e. The molecule has 0 aromatic heterocycles. The van der Waals surface area contributed by atoms with E-state index in [1.165, 1.54) is 12.1 Å². The van der Waals surface area contributed by atoms with Crippen molar-refractivity contribution >= 4 is 11.5 Å². The van der Waals surface area contributed by atoms with E-state index in [9.17, 15) is 19.4 Å². The molecule has 1 aliphatic rings. The molecule has 3 unspecified atom stereocenters. The van der Waals surface area contributed by atoms with Crippen LogP contribution in [0.25, 0.3) is 5.57 Å². The van der Waals surface area contributed by atoms with E-state index in [-0.39, 0.29) is 23.3 Å². The van der Waals surface area contributed by atoms with E-state index in [0.717, 1.165) is 23.1 Å². The number of aliphatic hydroxyl groups is 2. The van der Waals surface area contributed by atoms with E-state index in [2.05, 4.69) is 20.8 Å². The number of rotatable bonds is 8. The van der Waals surface area contributed by atoms with Crippen LogP contribution in [0.5, 0.6) is 0 Å². The maximum absolute atomic E-state index is 13.4. The fraction of sp³-hybridized carbons (Fsp3) is 0.522. The summed E-state index contributed by atoms with van der Waals surface area (Å²) in [4.78, 5) is 10.7. The lowest BCUT2D eigenvalue weighted by molar-refractivity contribution is -0.139. The maximum atomic E-state index is 13.4. The smallest absolute Gasteiger partial charge is 0.305 e. The second-order valence-electron chi connectivity index (χ2n) is 8.70. The van der Waals surface area contributed by atoms with Gasteiger partial charge in [-0.3, -0.25) is 4.79 Å². The minimum absolute atomic E-state index is 0.0574. The van der Waals surface area contributed by atoms with Crippen molar-refractivity contribution in [3.63, 3.8) is 0 Å². The third-order valence-corrected chi connectivity index (χ3v) is 5.52. The highest BCUT2D eigenvalue weighted by Gasteiger charge is 2.41. The molecule has 2 rings (SSSR count). The Kier molecular flexibility index (Phi) is 7.38. The van der Waals surface area contributed by atoms with Gasteiger partial charge in [0.15, 0.2) is 0 Å². The van der Waals surface area contributed by atoms with Crippen LogP contribution in [0.3, 0.4) is 0 Å². The van der Waals surface area contributed by atoms with Crippen molar-refractivity contribution in [1.29, 1.82) is 0 Å². The van der Waals surface area contributed by atoms with Gasteiger partial charge in [-0.15, -0.1) is 0 Å².